The minimum Gasteiger partial charge on any atom is -0.330 e. The van der Waals surface area contributed by atoms with Crippen LogP contribution in [0.4, 0.5) is 0 Å². The van der Waals surface area contributed by atoms with Crippen LogP contribution in [-0.4, -0.2) is 16.3 Å². The van der Waals surface area contributed by atoms with Crippen LogP contribution in [0, 0.1) is 5.92 Å². The van der Waals surface area contributed by atoms with Crippen molar-refractivity contribution in [2.24, 2.45) is 11.7 Å². The summed E-state index contributed by atoms with van der Waals surface area (Å²) in [7, 11) is 0. The van der Waals surface area contributed by atoms with Crippen molar-refractivity contribution in [2.75, 3.05) is 6.54 Å². The Labute approximate surface area is 118 Å². The van der Waals surface area contributed by atoms with Gasteiger partial charge in [-0.1, -0.05) is 31.4 Å². The minimum atomic E-state index is -0.00484. The summed E-state index contributed by atoms with van der Waals surface area (Å²) >= 11 is 0. The van der Waals surface area contributed by atoms with Gasteiger partial charge < -0.3 is 5.73 Å². The van der Waals surface area contributed by atoms with Crippen LogP contribution in [0.3, 0.4) is 0 Å². The largest absolute Gasteiger partial charge is 0.330 e. The average Bonchev–Trinajstić information content (AvgIpc) is 2.73. The molecule has 0 bridgehead atoms. The molecule has 0 aliphatic heterocycles. The van der Waals surface area contributed by atoms with Crippen LogP contribution >= 0.6 is 0 Å². The fourth-order valence-corrected chi connectivity index (χ4v) is 3.35. The maximum absolute atomic E-state index is 11.9. The molecule has 1 fully saturated rings. The van der Waals surface area contributed by atoms with Crippen molar-refractivity contribution in [1.29, 1.82) is 0 Å². The summed E-state index contributed by atoms with van der Waals surface area (Å²) in [6.07, 6.45) is 7.43. The zero-order chi connectivity index (χ0) is 13.9. The number of benzene rings is 1. The second-order valence-electron chi connectivity index (χ2n) is 5.67. The van der Waals surface area contributed by atoms with Gasteiger partial charge in [-0.3, -0.25) is 9.48 Å². The van der Waals surface area contributed by atoms with Crippen LogP contribution in [-0.2, 0) is 0 Å². The maximum Gasteiger partial charge on any atom is 0.207 e. The van der Waals surface area contributed by atoms with Gasteiger partial charge in [0, 0.05) is 5.39 Å². The molecule has 1 aliphatic rings. The molecule has 3 rings (SSSR count). The molecular formula is C16H21N3O. The fourth-order valence-electron chi connectivity index (χ4n) is 3.35. The number of hydrogen-bond donors (Lipinski definition) is 1. The van der Waals surface area contributed by atoms with Crippen molar-refractivity contribution >= 4 is 10.9 Å². The molecule has 2 N–H and O–H groups in total. The SMILES string of the molecule is NCC1CCCCCC1n1ncc(=O)c2ccccc21. The molecule has 0 saturated heterocycles. The van der Waals surface area contributed by atoms with E-state index in [1.807, 2.05) is 28.9 Å². The lowest BCUT2D eigenvalue weighted by Crippen LogP contribution is -2.28. The van der Waals surface area contributed by atoms with Gasteiger partial charge in [-0.05, 0) is 37.4 Å². The van der Waals surface area contributed by atoms with Gasteiger partial charge in [-0.15, -0.1) is 0 Å². The first-order chi connectivity index (χ1) is 9.81. The third kappa shape index (κ3) is 2.36. The fraction of sp³-hybridized carbons (Fsp3) is 0.500. The molecule has 1 heterocycles. The van der Waals surface area contributed by atoms with Gasteiger partial charge in [0.15, 0.2) is 0 Å². The van der Waals surface area contributed by atoms with E-state index in [-0.39, 0.29) is 5.43 Å². The van der Waals surface area contributed by atoms with E-state index < -0.39 is 0 Å². The van der Waals surface area contributed by atoms with E-state index in [9.17, 15) is 4.79 Å². The summed E-state index contributed by atoms with van der Waals surface area (Å²) < 4.78 is 2.04. The Morgan fingerprint density at radius 3 is 2.85 bits per heavy atom. The maximum atomic E-state index is 11.9. The van der Waals surface area contributed by atoms with Crippen LogP contribution < -0.4 is 11.2 Å². The van der Waals surface area contributed by atoms with E-state index in [0.29, 0.717) is 18.5 Å². The highest BCUT2D eigenvalue weighted by Gasteiger charge is 2.25. The lowest BCUT2D eigenvalue weighted by atomic mass is 9.94. The number of para-hydroxylation sites is 1. The van der Waals surface area contributed by atoms with Gasteiger partial charge in [-0.25, -0.2) is 0 Å². The monoisotopic (exact) mass is 271 g/mol. The summed E-state index contributed by atoms with van der Waals surface area (Å²) in [6.45, 7) is 0.687. The van der Waals surface area contributed by atoms with Gasteiger partial charge in [0.1, 0.15) is 0 Å². The van der Waals surface area contributed by atoms with Crippen molar-refractivity contribution in [3.63, 3.8) is 0 Å². The third-order valence-corrected chi connectivity index (χ3v) is 4.45. The summed E-state index contributed by atoms with van der Waals surface area (Å²) in [4.78, 5) is 11.9. The van der Waals surface area contributed by atoms with Gasteiger partial charge in [0.05, 0.1) is 17.8 Å². The molecule has 1 aromatic heterocycles. The summed E-state index contributed by atoms with van der Waals surface area (Å²) in [5, 5.41) is 5.17. The predicted octanol–water partition coefficient (Wildman–Crippen LogP) is 2.48. The van der Waals surface area contributed by atoms with E-state index in [0.717, 1.165) is 23.7 Å². The first-order valence-electron chi connectivity index (χ1n) is 7.48. The number of nitrogens with two attached hydrogens (primary N) is 1. The quantitative estimate of drug-likeness (QED) is 0.854. The van der Waals surface area contributed by atoms with Crippen molar-refractivity contribution in [1.82, 2.24) is 9.78 Å². The molecular weight excluding hydrogens is 250 g/mol. The third-order valence-electron chi connectivity index (χ3n) is 4.45. The Morgan fingerprint density at radius 1 is 1.20 bits per heavy atom. The topological polar surface area (TPSA) is 60.9 Å². The second kappa shape index (κ2) is 5.75. The standard InChI is InChI=1S/C16H21N3O/c17-10-12-6-2-1-3-8-14(12)19-15-9-5-4-7-13(15)16(20)11-18-19/h4-5,7,9,11-12,14H,1-3,6,8,10,17H2. The van der Waals surface area contributed by atoms with E-state index in [2.05, 4.69) is 5.10 Å². The average molecular weight is 271 g/mol. The number of nitrogens with zero attached hydrogens (tertiary/aromatic N) is 2. The molecule has 0 spiro atoms. The van der Waals surface area contributed by atoms with Crippen LogP contribution in [0.1, 0.15) is 38.1 Å². The smallest absolute Gasteiger partial charge is 0.207 e. The van der Waals surface area contributed by atoms with Crippen LogP contribution in [0.15, 0.2) is 35.3 Å². The molecule has 2 atom stereocenters. The summed E-state index contributed by atoms with van der Waals surface area (Å²) in [5.74, 6) is 0.455. The highest BCUT2D eigenvalue weighted by Crippen LogP contribution is 2.32. The van der Waals surface area contributed by atoms with Crippen molar-refractivity contribution in [3.8, 4) is 0 Å². The first-order valence-corrected chi connectivity index (χ1v) is 7.48. The highest BCUT2D eigenvalue weighted by atomic mass is 16.1. The van der Waals surface area contributed by atoms with Gasteiger partial charge in [-0.2, -0.15) is 5.10 Å². The van der Waals surface area contributed by atoms with Gasteiger partial charge in [0.2, 0.25) is 5.43 Å². The van der Waals surface area contributed by atoms with Crippen molar-refractivity contribution in [2.45, 2.75) is 38.1 Å². The van der Waals surface area contributed by atoms with E-state index in [1.54, 1.807) is 0 Å². The Morgan fingerprint density at radius 2 is 2.00 bits per heavy atom. The van der Waals surface area contributed by atoms with Crippen molar-refractivity contribution in [3.05, 3.63) is 40.7 Å². The predicted molar refractivity (Wildman–Crippen MR) is 80.7 cm³/mol. The van der Waals surface area contributed by atoms with E-state index in [1.165, 1.54) is 25.5 Å². The molecule has 1 aliphatic carbocycles. The normalized spacial score (nSPS) is 23.6. The van der Waals surface area contributed by atoms with E-state index >= 15 is 0 Å². The highest BCUT2D eigenvalue weighted by molar-refractivity contribution is 5.78. The number of aromatic nitrogens is 2. The van der Waals surface area contributed by atoms with Gasteiger partial charge in [0.25, 0.3) is 0 Å². The first kappa shape index (κ1) is 13.3. The Balaban J connectivity index is 2.12. The molecule has 1 aromatic carbocycles. The second-order valence-corrected chi connectivity index (χ2v) is 5.67. The number of rotatable bonds is 2. The molecule has 20 heavy (non-hydrogen) atoms. The minimum absolute atomic E-state index is 0.00484. The van der Waals surface area contributed by atoms with E-state index in [4.69, 9.17) is 5.73 Å². The summed E-state index contributed by atoms with van der Waals surface area (Å²) in [6, 6.07) is 8.05. The Hall–Kier alpha value is -1.68. The molecule has 0 radical (unpaired) electrons. The molecule has 106 valence electrons. The van der Waals surface area contributed by atoms with Gasteiger partial charge >= 0.3 is 0 Å². The Kier molecular flexibility index (Phi) is 3.83. The van der Waals surface area contributed by atoms with Crippen LogP contribution in [0.5, 0.6) is 0 Å². The van der Waals surface area contributed by atoms with Crippen LogP contribution in [0.2, 0.25) is 0 Å². The molecule has 0 amide bonds. The lowest BCUT2D eigenvalue weighted by Gasteiger charge is -2.26. The molecule has 2 aromatic rings. The zero-order valence-corrected chi connectivity index (χ0v) is 11.7. The lowest BCUT2D eigenvalue weighted by molar-refractivity contribution is 0.299. The van der Waals surface area contributed by atoms with Crippen molar-refractivity contribution < 1.29 is 0 Å². The van der Waals surface area contributed by atoms with Crippen LogP contribution in [0.25, 0.3) is 10.9 Å². The summed E-state index contributed by atoms with van der Waals surface area (Å²) in [5.41, 5.74) is 6.90. The molecule has 4 nitrogen and oxygen atoms in total. The molecule has 1 saturated carbocycles. The molecule has 4 heteroatoms. The number of fused-ring (bicyclic) bond motifs is 1. The number of hydrogen-bond acceptors (Lipinski definition) is 3. The zero-order valence-electron chi connectivity index (χ0n) is 11.7. The molecule has 2 unspecified atom stereocenters. The Bertz CT molecular complexity index is 649.